The van der Waals surface area contributed by atoms with Crippen LogP contribution in [0.2, 0.25) is 19.6 Å². The molecule has 0 bridgehead atoms. The minimum Gasteiger partial charge on any atom is -0.501 e. The fourth-order valence-corrected chi connectivity index (χ4v) is 8.99. The van der Waals surface area contributed by atoms with Gasteiger partial charge in [-0.15, -0.1) is 53.6 Å². The molecule has 295 valence electrons. The first-order chi connectivity index (χ1) is 26.5. The van der Waals surface area contributed by atoms with Crippen LogP contribution in [-0.4, -0.2) is 22.6 Å². The summed E-state index contributed by atoms with van der Waals surface area (Å²) >= 11 is 0. The molecule has 6 heteroatoms. The van der Waals surface area contributed by atoms with Gasteiger partial charge in [0.25, 0.3) is 0 Å². The topological polar surface area (TPSA) is 43.9 Å². The Morgan fingerprint density at radius 1 is 0.754 bits per heavy atom. The maximum absolute atomic E-state index is 6.30. The van der Waals surface area contributed by atoms with Crippen LogP contribution in [0.3, 0.4) is 0 Å². The van der Waals surface area contributed by atoms with E-state index in [1.807, 2.05) is 30.3 Å². The first kappa shape index (κ1) is 42.0. The summed E-state index contributed by atoms with van der Waals surface area (Å²) < 4.78 is 8.51. The van der Waals surface area contributed by atoms with Crippen LogP contribution in [0.25, 0.3) is 61.3 Å². The van der Waals surface area contributed by atoms with E-state index in [2.05, 4.69) is 177 Å². The van der Waals surface area contributed by atoms with Gasteiger partial charge in [-0.2, -0.15) is 0 Å². The van der Waals surface area contributed by atoms with E-state index >= 15 is 0 Å². The van der Waals surface area contributed by atoms with Crippen molar-refractivity contribution < 1.29 is 24.5 Å². The molecule has 0 atom stereocenters. The van der Waals surface area contributed by atoms with Crippen molar-refractivity contribution in [3.05, 3.63) is 144 Å². The number of aromatic nitrogens is 3. The van der Waals surface area contributed by atoms with Crippen LogP contribution < -0.4 is 5.19 Å². The Bertz CT molecular complexity index is 2630. The van der Waals surface area contributed by atoms with E-state index in [-0.39, 0.29) is 30.9 Å². The molecule has 0 N–H and O–H groups in total. The third kappa shape index (κ3) is 8.94. The molecule has 0 aliphatic carbocycles. The molecule has 3 heterocycles. The first-order valence-corrected chi connectivity index (χ1v) is 23.4. The van der Waals surface area contributed by atoms with E-state index in [0.29, 0.717) is 5.92 Å². The molecule has 8 aromatic rings. The van der Waals surface area contributed by atoms with Crippen molar-refractivity contribution in [3.8, 4) is 28.3 Å². The molecule has 0 unspecified atom stereocenters. The van der Waals surface area contributed by atoms with Gasteiger partial charge in [0, 0.05) is 37.4 Å². The van der Waals surface area contributed by atoms with Crippen molar-refractivity contribution in [1.82, 2.24) is 14.5 Å². The second kappa shape index (κ2) is 16.3. The maximum Gasteiger partial charge on any atom is 0.120 e. The predicted molar refractivity (Wildman–Crippen MR) is 240 cm³/mol. The molecule has 0 fully saturated rings. The molecule has 0 saturated heterocycles. The van der Waals surface area contributed by atoms with E-state index in [1.54, 1.807) is 0 Å². The van der Waals surface area contributed by atoms with Gasteiger partial charge < -0.3 is 14.0 Å². The zero-order valence-electron chi connectivity index (χ0n) is 35.3. The van der Waals surface area contributed by atoms with Crippen LogP contribution in [0.15, 0.2) is 120 Å². The molecule has 0 spiro atoms. The number of pyridine rings is 1. The standard InChI is InChI=1S/C29H23N2O.C22H32NSi.Ir/c1-29(2,3)19-15-17-20(18-16-19)31-25-13-6-5-12-24(25)30-28(31)23-11-8-10-22-21-9-4-7-14-26(21)32-27(22)23;1-16(2)13-18-14-20(23-15-21(18)24(6,7)8)17-9-11-19(12-10-17)22(3,4)5;/h4-10,12-18H,1-3H3;9,11-12,14-16H,13H2,1-8H3;/q2*-1;. The van der Waals surface area contributed by atoms with Gasteiger partial charge in [0.05, 0.1) is 30.5 Å². The third-order valence-corrected chi connectivity index (χ3v) is 12.6. The van der Waals surface area contributed by atoms with Crippen molar-refractivity contribution >= 4 is 46.2 Å². The molecule has 4 nitrogen and oxygen atoms in total. The molecule has 3 aromatic heterocycles. The fraction of sp³-hybridized carbons (Fsp3) is 0.294. The molecule has 0 amide bonds. The zero-order chi connectivity index (χ0) is 40.0. The molecule has 8 rings (SSSR count). The summed E-state index contributed by atoms with van der Waals surface area (Å²) in [5.74, 6) is 1.49. The molecular weight excluding hydrogens is 891 g/mol. The molecule has 0 aliphatic heterocycles. The Kier molecular flexibility index (Phi) is 12.0. The summed E-state index contributed by atoms with van der Waals surface area (Å²) in [6, 6.07) is 44.8. The van der Waals surface area contributed by atoms with Gasteiger partial charge in [-0.25, -0.2) is 0 Å². The molecule has 0 aliphatic rings. The van der Waals surface area contributed by atoms with Gasteiger partial charge in [0.15, 0.2) is 0 Å². The first-order valence-electron chi connectivity index (χ1n) is 19.9. The summed E-state index contributed by atoms with van der Waals surface area (Å²) in [4.78, 5) is 9.80. The Balaban J connectivity index is 0.000000198. The summed E-state index contributed by atoms with van der Waals surface area (Å²) in [6.45, 7) is 25.2. The van der Waals surface area contributed by atoms with Crippen molar-refractivity contribution in [1.29, 1.82) is 0 Å². The number of fused-ring (bicyclic) bond motifs is 4. The van der Waals surface area contributed by atoms with Crippen LogP contribution in [0.5, 0.6) is 0 Å². The second-order valence-corrected chi connectivity index (χ2v) is 23.6. The van der Waals surface area contributed by atoms with E-state index < -0.39 is 8.07 Å². The van der Waals surface area contributed by atoms with Gasteiger partial charge in [-0.1, -0.05) is 140 Å². The quantitative estimate of drug-likeness (QED) is 0.123. The zero-order valence-corrected chi connectivity index (χ0v) is 38.7. The number of rotatable bonds is 6. The molecular formula is C51H55IrN3OSi-2. The number of nitrogens with zero attached hydrogens (tertiary/aromatic N) is 3. The molecule has 57 heavy (non-hydrogen) atoms. The third-order valence-electron chi connectivity index (χ3n) is 10.5. The van der Waals surface area contributed by atoms with Crippen LogP contribution in [0, 0.1) is 18.1 Å². The van der Waals surface area contributed by atoms with Crippen molar-refractivity contribution in [2.45, 2.75) is 92.3 Å². The number of furan rings is 1. The smallest absolute Gasteiger partial charge is 0.120 e. The minimum atomic E-state index is -1.38. The van der Waals surface area contributed by atoms with Crippen molar-refractivity contribution in [3.63, 3.8) is 0 Å². The predicted octanol–water partition coefficient (Wildman–Crippen LogP) is 13.3. The van der Waals surface area contributed by atoms with E-state index in [9.17, 15) is 0 Å². The molecule has 0 saturated carbocycles. The summed E-state index contributed by atoms with van der Waals surface area (Å²) in [7, 11) is -1.38. The van der Waals surface area contributed by atoms with Crippen LogP contribution in [0.4, 0.5) is 0 Å². The summed E-state index contributed by atoms with van der Waals surface area (Å²) in [5.41, 5.74) is 12.1. The van der Waals surface area contributed by atoms with Crippen LogP contribution in [-0.2, 0) is 37.4 Å². The molecule has 5 aromatic carbocycles. The average Bonchev–Trinajstić information content (AvgIpc) is 3.73. The Labute approximate surface area is 354 Å². The van der Waals surface area contributed by atoms with E-state index in [4.69, 9.17) is 14.4 Å². The second-order valence-electron chi connectivity index (χ2n) is 18.6. The minimum absolute atomic E-state index is 0. The maximum atomic E-state index is 6.30. The van der Waals surface area contributed by atoms with Crippen LogP contribution >= 0.6 is 0 Å². The number of para-hydroxylation sites is 3. The van der Waals surface area contributed by atoms with Gasteiger partial charge >= 0.3 is 0 Å². The van der Waals surface area contributed by atoms with Gasteiger partial charge in [0.2, 0.25) is 0 Å². The number of hydrogen-bond acceptors (Lipinski definition) is 3. The van der Waals surface area contributed by atoms with Crippen LogP contribution in [0.1, 0.15) is 72.1 Å². The monoisotopic (exact) mass is 946 g/mol. The van der Waals surface area contributed by atoms with E-state index in [1.165, 1.54) is 21.9 Å². The van der Waals surface area contributed by atoms with Crippen molar-refractivity contribution in [2.75, 3.05) is 0 Å². The number of hydrogen-bond donors (Lipinski definition) is 0. The summed E-state index contributed by atoms with van der Waals surface area (Å²) in [5, 5.41) is 3.68. The number of benzene rings is 5. The average molecular weight is 946 g/mol. The fourth-order valence-electron chi connectivity index (χ4n) is 7.40. The Morgan fingerprint density at radius 2 is 1.42 bits per heavy atom. The Morgan fingerprint density at radius 3 is 2.07 bits per heavy atom. The Hall–Kier alpha value is -4.61. The van der Waals surface area contributed by atoms with Crippen molar-refractivity contribution in [2.24, 2.45) is 5.92 Å². The van der Waals surface area contributed by atoms with E-state index in [0.717, 1.165) is 67.7 Å². The molecule has 1 radical (unpaired) electrons. The van der Waals surface area contributed by atoms with Gasteiger partial charge in [-0.3, -0.25) is 4.98 Å². The van der Waals surface area contributed by atoms with Gasteiger partial charge in [-0.05, 0) is 69.9 Å². The van der Waals surface area contributed by atoms with Gasteiger partial charge in [0.1, 0.15) is 5.58 Å². The normalized spacial score (nSPS) is 12.2. The number of imidazole rings is 1. The summed E-state index contributed by atoms with van der Waals surface area (Å²) in [6.07, 6.45) is 3.25. The SMILES string of the molecule is CC(C)(C)c1ccc(-n2c(-c3[c-]ccc4c3oc3ccccc34)nc3ccccc32)cc1.CC(C)Cc1cc(-c2[c-]cc(C(C)(C)C)cc2)ncc1[Si](C)(C)C.[Ir]. The largest absolute Gasteiger partial charge is 0.501 e.